The second-order valence-electron chi connectivity index (χ2n) is 4.06. The second kappa shape index (κ2) is 4.33. The molecule has 0 radical (unpaired) electrons. The average molecular weight is 249 g/mol. The van der Waals surface area contributed by atoms with Gasteiger partial charge in [0.15, 0.2) is 4.77 Å². The van der Waals surface area contributed by atoms with Crippen LogP contribution in [0.5, 0.6) is 0 Å². The number of fused-ring (bicyclic) bond motifs is 1. The van der Waals surface area contributed by atoms with E-state index in [1.54, 1.807) is 7.05 Å². The van der Waals surface area contributed by atoms with Crippen LogP contribution in [0.25, 0.3) is 11.0 Å². The van der Waals surface area contributed by atoms with Crippen LogP contribution in [0.3, 0.4) is 0 Å². The fourth-order valence-electron chi connectivity index (χ4n) is 2.05. The first-order chi connectivity index (χ1) is 8.06. The zero-order valence-electron chi connectivity index (χ0n) is 10.1. The van der Waals surface area contributed by atoms with Crippen molar-refractivity contribution in [2.45, 2.75) is 19.9 Å². The van der Waals surface area contributed by atoms with Crippen molar-refractivity contribution in [1.29, 1.82) is 0 Å². The maximum atomic E-state index is 11.7. The van der Waals surface area contributed by atoms with Crippen molar-refractivity contribution in [2.75, 3.05) is 7.05 Å². The molecule has 0 aliphatic carbocycles. The highest BCUT2D eigenvalue weighted by atomic mass is 32.1. The summed E-state index contributed by atoms with van der Waals surface area (Å²) in [7, 11) is 1.63. The number of benzene rings is 1. The first kappa shape index (κ1) is 11.9. The van der Waals surface area contributed by atoms with Crippen LogP contribution in [-0.2, 0) is 4.79 Å². The van der Waals surface area contributed by atoms with E-state index in [4.69, 9.17) is 12.2 Å². The lowest BCUT2D eigenvalue weighted by Gasteiger charge is -2.13. The quantitative estimate of drug-likeness (QED) is 0.802. The number of aromatic amines is 1. The molecule has 0 spiro atoms. The van der Waals surface area contributed by atoms with Gasteiger partial charge in [-0.1, -0.05) is 12.1 Å². The fraction of sp³-hybridized carbons (Fsp3) is 0.333. The van der Waals surface area contributed by atoms with E-state index < -0.39 is 0 Å². The lowest BCUT2D eigenvalue weighted by atomic mass is 10.2. The molecule has 1 atom stereocenters. The van der Waals surface area contributed by atoms with E-state index in [2.05, 4.69) is 10.3 Å². The number of aromatic nitrogens is 2. The fourth-order valence-corrected chi connectivity index (χ4v) is 2.41. The van der Waals surface area contributed by atoms with E-state index in [-0.39, 0.29) is 11.9 Å². The van der Waals surface area contributed by atoms with Crippen LogP contribution >= 0.6 is 12.2 Å². The Morgan fingerprint density at radius 1 is 1.53 bits per heavy atom. The van der Waals surface area contributed by atoms with Gasteiger partial charge in [0.2, 0.25) is 5.91 Å². The van der Waals surface area contributed by atoms with E-state index in [0.717, 1.165) is 16.6 Å². The molecule has 1 unspecified atom stereocenters. The molecule has 2 rings (SSSR count). The molecular weight excluding hydrogens is 234 g/mol. The van der Waals surface area contributed by atoms with Crippen LogP contribution in [0.4, 0.5) is 0 Å². The lowest BCUT2D eigenvalue weighted by molar-refractivity contribution is -0.123. The molecule has 0 aliphatic rings. The Labute approximate surface area is 105 Å². The van der Waals surface area contributed by atoms with Gasteiger partial charge in [-0.25, -0.2) is 0 Å². The number of amides is 1. The topological polar surface area (TPSA) is 49.8 Å². The van der Waals surface area contributed by atoms with Crippen LogP contribution < -0.4 is 5.32 Å². The molecule has 0 bridgehead atoms. The number of para-hydroxylation sites is 1. The molecule has 1 aromatic heterocycles. The van der Waals surface area contributed by atoms with Gasteiger partial charge < -0.3 is 14.9 Å². The summed E-state index contributed by atoms with van der Waals surface area (Å²) in [6.45, 7) is 3.85. The Kier molecular flexibility index (Phi) is 3.02. The summed E-state index contributed by atoms with van der Waals surface area (Å²) in [6, 6.07) is 5.63. The zero-order chi connectivity index (χ0) is 12.6. The minimum Gasteiger partial charge on any atom is -0.357 e. The van der Waals surface area contributed by atoms with Gasteiger partial charge in [-0.2, -0.15) is 0 Å². The van der Waals surface area contributed by atoms with Gasteiger partial charge in [-0.3, -0.25) is 4.79 Å². The molecule has 0 aliphatic heterocycles. The lowest BCUT2D eigenvalue weighted by Crippen LogP contribution is -2.27. The van der Waals surface area contributed by atoms with Crippen molar-refractivity contribution in [3.63, 3.8) is 0 Å². The van der Waals surface area contributed by atoms with E-state index in [9.17, 15) is 4.79 Å². The summed E-state index contributed by atoms with van der Waals surface area (Å²) in [5.41, 5.74) is 3.06. The number of hydrogen-bond donors (Lipinski definition) is 2. The van der Waals surface area contributed by atoms with E-state index in [1.807, 2.05) is 36.6 Å². The first-order valence-corrected chi connectivity index (χ1v) is 5.88. The monoisotopic (exact) mass is 249 g/mol. The van der Waals surface area contributed by atoms with Crippen LogP contribution in [0, 0.1) is 11.7 Å². The number of carbonyl (C=O) groups excluding carboxylic acids is 1. The van der Waals surface area contributed by atoms with Gasteiger partial charge in [0.1, 0.15) is 6.04 Å². The summed E-state index contributed by atoms with van der Waals surface area (Å²) in [4.78, 5) is 14.9. The maximum absolute atomic E-state index is 11.7. The van der Waals surface area contributed by atoms with Gasteiger partial charge in [-0.15, -0.1) is 0 Å². The summed E-state index contributed by atoms with van der Waals surface area (Å²) < 4.78 is 2.43. The zero-order valence-corrected chi connectivity index (χ0v) is 10.9. The molecular formula is C12H15N3OS. The van der Waals surface area contributed by atoms with Crippen LogP contribution in [0.2, 0.25) is 0 Å². The number of nitrogens with zero attached hydrogens (tertiary/aromatic N) is 1. The number of imidazole rings is 1. The highest BCUT2D eigenvalue weighted by molar-refractivity contribution is 7.71. The smallest absolute Gasteiger partial charge is 0.242 e. The second-order valence-corrected chi connectivity index (χ2v) is 4.45. The summed E-state index contributed by atoms with van der Waals surface area (Å²) in [5, 5.41) is 2.64. The van der Waals surface area contributed by atoms with Crippen molar-refractivity contribution in [3.8, 4) is 0 Å². The molecule has 17 heavy (non-hydrogen) atoms. The number of carbonyl (C=O) groups is 1. The predicted molar refractivity (Wildman–Crippen MR) is 70.6 cm³/mol. The standard InChI is InChI=1S/C12H15N3OS/c1-7-5-4-6-9-10(7)15(12(17)14-9)8(2)11(16)13-3/h4-6,8H,1-3H3,(H,13,16)(H,14,17). The molecule has 1 amide bonds. The van der Waals surface area contributed by atoms with Crippen molar-refractivity contribution in [1.82, 2.24) is 14.9 Å². The molecule has 1 heterocycles. The van der Waals surface area contributed by atoms with Crippen molar-refractivity contribution < 1.29 is 4.79 Å². The number of H-pyrrole nitrogens is 1. The molecule has 4 nitrogen and oxygen atoms in total. The minimum absolute atomic E-state index is 0.0507. The maximum Gasteiger partial charge on any atom is 0.242 e. The third kappa shape index (κ3) is 1.86. The molecule has 2 N–H and O–H groups in total. The number of hydrogen-bond acceptors (Lipinski definition) is 2. The molecule has 2 aromatic rings. The number of aryl methyl sites for hydroxylation is 1. The highest BCUT2D eigenvalue weighted by Gasteiger charge is 2.17. The largest absolute Gasteiger partial charge is 0.357 e. The first-order valence-electron chi connectivity index (χ1n) is 5.47. The van der Waals surface area contributed by atoms with Gasteiger partial charge >= 0.3 is 0 Å². The predicted octanol–water partition coefficient (Wildman–Crippen LogP) is 2.31. The van der Waals surface area contributed by atoms with E-state index in [0.29, 0.717) is 4.77 Å². The van der Waals surface area contributed by atoms with Crippen LogP contribution in [-0.4, -0.2) is 22.5 Å². The summed E-state index contributed by atoms with van der Waals surface area (Å²) in [6.07, 6.45) is 0. The van der Waals surface area contributed by atoms with Gasteiger partial charge in [0.05, 0.1) is 11.0 Å². The SMILES string of the molecule is CNC(=O)C(C)n1c(=S)[nH]c2cccc(C)c21. The number of likely N-dealkylation sites (N-methyl/N-ethyl adjacent to an activating group) is 1. The average Bonchev–Trinajstić information content (AvgIpc) is 2.65. The third-order valence-electron chi connectivity index (χ3n) is 2.95. The molecule has 5 heteroatoms. The normalized spacial score (nSPS) is 12.6. The van der Waals surface area contributed by atoms with Crippen LogP contribution in [0.1, 0.15) is 18.5 Å². The Morgan fingerprint density at radius 2 is 2.24 bits per heavy atom. The van der Waals surface area contributed by atoms with Gasteiger partial charge in [-0.05, 0) is 37.7 Å². The third-order valence-corrected chi connectivity index (χ3v) is 3.25. The Morgan fingerprint density at radius 3 is 2.88 bits per heavy atom. The molecule has 0 saturated carbocycles. The van der Waals surface area contributed by atoms with Gasteiger partial charge in [0, 0.05) is 7.05 Å². The molecule has 0 saturated heterocycles. The Balaban J connectivity index is 2.72. The van der Waals surface area contributed by atoms with E-state index in [1.165, 1.54) is 0 Å². The summed E-state index contributed by atoms with van der Waals surface area (Å²) >= 11 is 5.28. The molecule has 0 fully saturated rings. The number of rotatable bonds is 2. The molecule has 1 aromatic carbocycles. The highest BCUT2D eigenvalue weighted by Crippen LogP contribution is 2.22. The Hall–Kier alpha value is -1.62. The summed E-state index contributed by atoms with van der Waals surface area (Å²) in [5.74, 6) is -0.0507. The molecule has 90 valence electrons. The van der Waals surface area contributed by atoms with E-state index >= 15 is 0 Å². The van der Waals surface area contributed by atoms with Crippen molar-refractivity contribution in [2.24, 2.45) is 0 Å². The number of nitrogens with one attached hydrogen (secondary N) is 2. The van der Waals surface area contributed by atoms with Crippen LogP contribution in [0.15, 0.2) is 18.2 Å². The van der Waals surface area contributed by atoms with Gasteiger partial charge in [0.25, 0.3) is 0 Å². The van der Waals surface area contributed by atoms with Crippen molar-refractivity contribution >= 4 is 29.2 Å². The van der Waals surface area contributed by atoms with Crippen molar-refractivity contribution in [3.05, 3.63) is 28.5 Å². The Bertz CT molecular complexity index is 626. The minimum atomic E-state index is -0.317.